The van der Waals surface area contributed by atoms with Crippen molar-refractivity contribution in [1.29, 1.82) is 0 Å². The number of pyridine rings is 1. The van der Waals surface area contributed by atoms with Crippen molar-refractivity contribution in [2.24, 2.45) is 0 Å². The van der Waals surface area contributed by atoms with E-state index in [2.05, 4.69) is 27.0 Å². The molecule has 3 aromatic rings. The molecule has 0 aliphatic carbocycles. The van der Waals surface area contributed by atoms with Gasteiger partial charge in [0.05, 0.1) is 5.52 Å². The Morgan fingerprint density at radius 1 is 1.13 bits per heavy atom. The Bertz CT molecular complexity index is 864. The molecular formula is C18H17BrN2O2. The highest BCUT2D eigenvalue weighted by Crippen LogP contribution is 2.31. The second-order valence-electron chi connectivity index (χ2n) is 6.30. The van der Waals surface area contributed by atoms with Crippen LogP contribution in [0.3, 0.4) is 0 Å². The van der Waals surface area contributed by atoms with Gasteiger partial charge in [-0.05, 0) is 72.1 Å². The highest BCUT2D eigenvalue weighted by atomic mass is 79.9. The van der Waals surface area contributed by atoms with E-state index < -0.39 is 5.60 Å². The van der Waals surface area contributed by atoms with Gasteiger partial charge in [0.25, 0.3) is 0 Å². The molecule has 0 amide bonds. The fourth-order valence-corrected chi connectivity index (χ4v) is 2.90. The molecule has 3 rings (SSSR count). The van der Waals surface area contributed by atoms with Gasteiger partial charge < -0.3 is 4.74 Å². The predicted octanol–water partition coefficient (Wildman–Crippen LogP) is 5.25. The number of ether oxygens (including phenoxy) is 1. The van der Waals surface area contributed by atoms with Crippen LogP contribution in [0.4, 0.5) is 4.79 Å². The Morgan fingerprint density at radius 3 is 2.48 bits per heavy atom. The highest BCUT2D eigenvalue weighted by molar-refractivity contribution is 9.10. The van der Waals surface area contributed by atoms with Crippen LogP contribution in [0.1, 0.15) is 20.8 Å². The summed E-state index contributed by atoms with van der Waals surface area (Å²) in [6.45, 7) is 5.56. The van der Waals surface area contributed by atoms with E-state index in [-0.39, 0.29) is 6.09 Å². The van der Waals surface area contributed by atoms with E-state index >= 15 is 0 Å². The maximum absolute atomic E-state index is 12.4. The summed E-state index contributed by atoms with van der Waals surface area (Å²) in [5.74, 6) is 0. The van der Waals surface area contributed by atoms with Crippen LogP contribution in [0.5, 0.6) is 0 Å². The van der Waals surface area contributed by atoms with Gasteiger partial charge in [0.1, 0.15) is 5.60 Å². The van der Waals surface area contributed by atoms with E-state index in [4.69, 9.17) is 4.74 Å². The summed E-state index contributed by atoms with van der Waals surface area (Å²) in [6, 6.07) is 9.89. The van der Waals surface area contributed by atoms with Gasteiger partial charge in [-0.1, -0.05) is 6.07 Å². The largest absolute Gasteiger partial charge is 0.443 e. The molecule has 4 nitrogen and oxygen atoms in total. The first-order valence-corrected chi connectivity index (χ1v) is 8.09. The quantitative estimate of drug-likeness (QED) is 0.585. The van der Waals surface area contributed by atoms with Gasteiger partial charge in [-0.3, -0.25) is 9.55 Å². The van der Waals surface area contributed by atoms with Crippen molar-refractivity contribution in [3.63, 3.8) is 0 Å². The summed E-state index contributed by atoms with van der Waals surface area (Å²) in [4.78, 5) is 16.4. The van der Waals surface area contributed by atoms with E-state index in [1.54, 1.807) is 18.6 Å². The Kier molecular flexibility index (Phi) is 3.98. The van der Waals surface area contributed by atoms with Crippen molar-refractivity contribution in [2.45, 2.75) is 26.4 Å². The zero-order valence-corrected chi connectivity index (χ0v) is 14.8. The van der Waals surface area contributed by atoms with Gasteiger partial charge in [0, 0.05) is 28.4 Å². The molecule has 0 atom stereocenters. The SMILES string of the molecule is CC(C)(C)OC(=O)n1cc(Br)c2cc(-c3ccncc3)ccc21. The monoisotopic (exact) mass is 372 g/mol. The molecule has 0 bridgehead atoms. The lowest BCUT2D eigenvalue weighted by Gasteiger charge is -2.19. The fraction of sp³-hybridized carbons (Fsp3) is 0.222. The number of rotatable bonds is 1. The van der Waals surface area contributed by atoms with Gasteiger partial charge in [-0.25, -0.2) is 4.79 Å². The Morgan fingerprint density at radius 2 is 1.83 bits per heavy atom. The molecule has 0 spiro atoms. The lowest BCUT2D eigenvalue weighted by molar-refractivity contribution is 0.0544. The molecule has 1 aromatic carbocycles. The van der Waals surface area contributed by atoms with Crippen molar-refractivity contribution in [3.05, 3.63) is 53.4 Å². The topological polar surface area (TPSA) is 44.1 Å². The molecule has 0 radical (unpaired) electrons. The summed E-state index contributed by atoms with van der Waals surface area (Å²) in [5.41, 5.74) is 2.43. The number of hydrogen-bond acceptors (Lipinski definition) is 3. The van der Waals surface area contributed by atoms with Crippen molar-refractivity contribution in [3.8, 4) is 11.1 Å². The summed E-state index contributed by atoms with van der Waals surface area (Å²) in [6.07, 6.45) is 4.89. The molecular weight excluding hydrogens is 356 g/mol. The molecule has 23 heavy (non-hydrogen) atoms. The molecule has 0 fully saturated rings. The van der Waals surface area contributed by atoms with Gasteiger partial charge in [-0.2, -0.15) is 0 Å². The third-order valence-electron chi connectivity index (χ3n) is 3.36. The van der Waals surface area contributed by atoms with Gasteiger partial charge in [0.2, 0.25) is 0 Å². The summed E-state index contributed by atoms with van der Waals surface area (Å²) < 4.78 is 7.84. The maximum Gasteiger partial charge on any atom is 0.419 e. The summed E-state index contributed by atoms with van der Waals surface area (Å²) >= 11 is 3.53. The minimum atomic E-state index is -0.531. The van der Waals surface area contributed by atoms with Crippen LogP contribution in [-0.4, -0.2) is 21.2 Å². The number of nitrogens with zero attached hydrogens (tertiary/aromatic N) is 2. The Balaban J connectivity index is 2.06. The van der Waals surface area contributed by atoms with Crippen molar-refractivity contribution in [1.82, 2.24) is 9.55 Å². The van der Waals surface area contributed by atoms with E-state index in [1.807, 2.05) is 45.0 Å². The van der Waals surface area contributed by atoms with E-state index in [9.17, 15) is 4.79 Å². The van der Waals surface area contributed by atoms with Crippen LogP contribution in [0.15, 0.2) is 53.4 Å². The molecule has 2 aromatic heterocycles. The highest BCUT2D eigenvalue weighted by Gasteiger charge is 2.20. The minimum absolute atomic E-state index is 0.384. The number of benzene rings is 1. The third kappa shape index (κ3) is 3.29. The number of hydrogen-bond donors (Lipinski definition) is 0. The van der Waals surface area contributed by atoms with E-state index in [1.165, 1.54) is 4.57 Å². The van der Waals surface area contributed by atoms with Crippen LogP contribution in [0.2, 0.25) is 0 Å². The maximum atomic E-state index is 12.4. The molecule has 0 N–H and O–H groups in total. The lowest BCUT2D eigenvalue weighted by atomic mass is 10.1. The average molecular weight is 373 g/mol. The smallest absolute Gasteiger partial charge is 0.419 e. The summed E-state index contributed by atoms with van der Waals surface area (Å²) in [5, 5.41) is 0.963. The van der Waals surface area contributed by atoms with E-state index in [0.717, 1.165) is 26.5 Å². The van der Waals surface area contributed by atoms with Gasteiger partial charge in [0.15, 0.2) is 0 Å². The predicted molar refractivity (Wildman–Crippen MR) is 94.5 cm³/mol. The van der Waals surface area contributed by atoms with Gasteiger partial charge in [-0.15, -0.1) is 0 Å². The number of carbonyl (C=O) groups is 1. The van der Waals surface area contributed by atoms with Crippen molar-refractivity contribution in [2.75, 3.05) is 0 Å². The number of halogens is 1. The van der Waals surface area contributed by atoms with Crippen LogP contribution < -0.4 is 0 Å². The van der Waals surface area contributed by atoms with Crippen LogP contribution in [-0.2, 0) is 4.74 Å². The molecule has 118 valence electrons. The molecule has 0 saturated heterocycles. The zero-order chi connectivity index (χ0) is 16.6. The molecule has 2 heterocycles. The molecule has 0 aliphatic heterocycles. The van der Waals surface area contributed by atoms with Crippen molar-refractivity contribution >= 4 is 32.9 Å². The molecule has 5 heteroatoms. The van der Waals surface area contributed by atoms with E-state index in [0.29, 0.717) is 0 Å². The first kappa shape index (κ1) is 15.7. The standard InChI is InChI=1S/C18H17BrN2O2/c1-18(2,3)23-17(22)21-11-15(19)14-10-13(4-5-16(14)21)12-6-8-20-9-7-12/h4-11H,1-3H3. The van der Waals surface area contributed by atoms with Crippen LogP contribution >= 0.6 is 15.9 Å². The second-order valence-corrected chi connectivity index (χ2v) is 7.15. The van der Waals surface area contributed by atoms with Crippen LogP contribution in [0, 0.1) is 0 Å². The molecule has 0 saturated carbocycles. The Hall–Kier alpha value is -2.14. The second kappa shape index (κ2) is 5.81. The Labute approximate surface area is 143 Å². The average Bonchev–Trinajstić information content (AvgIpc) is 2.83. The zero-order valence-electron chi connectivity index (χ0n) is 13.2. The first-order valence-electron chi connectivity index (χ1n) is 7.29. The first-order chi connectivity index (χ1) is 10.8. The number of fused-ring (bicyclic) bond motifs is 1. The molecule has 0 unspecified atom stereocenters. The summed E-state index contributed by atoms with van der Waals surface area (Å²) in [7, 11) is 0. The van der Waals surface area contributed by atoms with Crippen LogP contribution in [0.25, 0.3) is 22.0 Å². The number of carbonyl (C=O) groups excluding carboxylic acids is 1. The lowest BCUT2D eigenvalue weighted by Crippen LogP contribution is -2.26. The minimum Gasteiger partial charge on any atom is -0.443 e. The third-order valence-corrected chi connectivity index (χ3v) is 3.99. The fourth-order valence-electron chi connectivity index (χ4n) is 2.38. The van der Waals surface area contributed by atoms with Crippen molar-refractivity contribution < 1.29 is 9.53 Å². The molecule has 0 aliphatic rings. The normalized spacial score (nSPS) is 11.7. The van der Waals surface area contributed by atoms with Gasteiger partial charge >= 0.3 is 6.09 Å². The number of aromatic nitrogens is 2.